The lowest BCUT2D eigenvalue weighted by Crippen LogP contribution is -2.25. The molecule has 1 aromatic heterocycles. The number of aryl methyl sites for hydroxylation is 1. The summed E-state index contributed by atoms with van der Waals surface area (Å²) in [4.78, 5) is 2.96. The van der Waals surface area contributed by atoms with Gasteiger partial charge in [-0.15, -0.1) is 11.3 Å². The molecule has 1 aliphatic rings. The van der Waals surface area contributed by atoms with Gasteiger partial charge >= 0.3 is 0 Å². The molecule has 0 bridgehead atoms. The van der Waals surface area contributed by atoms with E-state index in [1.807, 2.05) is 11.3 Å². The second-order valence-corrected chi connectivity index (χ2v) is 6.32. The van der Waals surface area contributed by atoms with E-state index in [2.05, 4.69) is 19.1 Å². The summed E-state index contributed by atoms with van der Waals surface area (Å²) in [6, 6.07) is 4.90. The minimum absolute atomic E-state index is 0.381. The summed E-state index contributed by atoms with van der Waals surface area (Å²) < 4.78 is 0. The third-order valence-corrected chi connectivity index (χ3v) is 4.89. The molecule has 0 amide bonds. The average Bonchev–Trinajstić information content (AvgIpc) is 2.89. The standard InChI is InChI=1S/C14H23NS/c1-2-13-7-8-14(16-13)10-12(15)9-11-5-3-4-6-11/h7-8,11-12H,2-6,9-10,15H2,1H3. The first-order valence-electron chi connectivity index (χ1n) is 6.61. The third-order valence-electron chi connectivity index (χ3n) is 3.64. The van der Waals surface area contributed by atoms with Gasteiger partial charge in [0.1, 0.15) is 0 Å². The first-order chi connectivity index (χ1) is 7.78. The van der Waals surface area contributed by atoms with Gasteiger partial charge in [0.25, 0.3) is 0 Å². The molecule has 1 aromatic rings. The smallest absolute Gasteiger partial charge is 0.00898 e. The number of hydrogen-bond donors (Lipinski definition) is 1. The molecule has 0 saturated heterocycles. The van der Waals surface area contributed by atoms with Crippen LogP contribution in [-0.4, -0.2) is 6.04 Å². The Kier molecular flexibility index (Phi) is 4.42. The van der Waals surface area contributed by atoms with E-state index in [0.717, 1.165) is 18.8 Å². The second kappa shape index (κ2) is 5.83. The van der Waals surface area contributed by atoms with Gasteiger partial charge in [-0.1, -0.05) is 32.6 Å². The van der Waals surface area contributed by atoms with E-state index >= 15 is 0 Å². The molecule has 1 heterocycles. The van der Waals surface area contributed by atoms with Crippen LogP contribution in [-0.2, 0) is 12.8 Å². The molecular weight excluding hydrogens is 214 g/mol. The summed E-state index contributed by atoms with van der Waals surface area (Å²) in [5.74, 6) is 0.917. The zero-order valence-electron chi connectivity index (χ0n) is 10.2. The molecule has 1 nitrogen and oxygen atoms in total. The van der Waals surface area contributed by atoms with Gasteiger partial charge in [-0.2, -0.15) is 0 Å². The molecule has 90 valence electrons. The van der Waals surface area contributed by atoms with Crippen LogP contribution in [0.15, 0.2) is 12.1 Å². The zero-order valence-corrected chi connectivity index (χ0v) is 11.1. The summed E-state index contributed by atoms with van der Waals surface area (Å²) in [5, 5.41) is 0. The predicted octanol–water partition coefficient (Wildman–Crippen LogP) is 3.76. The van der Waals surface area contributed by atoms with E-state index in [-0.39, 0.29) is 0 Å². The Balaban J connectivity index is 1.79. The van der Waals surface area contributed by atoms with Gasteiger partial charge in [0.05, 0.1) is 0 Å². The van der Waals surface area contributed by atoms with Crippen LogP contribution in [0, 0.1) is 5.92 Å². The van der Waals surface area contributed by atoms with E-state index in [9.17, 15) is 0 Å². The van der Waals surface area contributed by atoms with Crippen LogP contribution >= 0.6 is 11.3 Å². The quantitative estimate of drug-likeness (QED) is 0.829. The van der Waals surface area contributed by atoms with Crippen LogP contribution in [0.3, 0.4) is 0 Å². The maximum Gasteiger partial charge on any atom is 0.00898 e. The van der Waals surface area contributed by atoms with Crippen LogP contribution in [0.1, 0.15) is 48.8 Å². The van der Waals surface area contributed by atoms with Gasteiger partial charge in [-0.3, -0.25) is 0 Å². The largest absolute Gasteiger partial charge is 0.327 e. The molecule has 0 radical (unpaired) electrons. The Hall–Kier alpha value is -0.340. The Morgan fingerprint density at radius 3 is 2.62 bits per heavy atom. The van der Waals surface area contributed by atoms with Crippen LogP contribution in [0.2, 0.25) is 0 Å². The summed E-state index contributed by atoms with van der Waals surface area (Å²) in [5.41, 5.74) is 6.24. The van der Waals surface area contributed by atoms with Gasteiger partial charge in [-0.05, 0) is 37.3 Å². The number of thiophene rings is 1. The summed E-state index contributed by atoms with van der Waals surface area (Å²) in [7, 11) is 0. The Labute approximate surface area is 103 Å². The van der Waals surface area contributed by atoms with Crippen LogP contribution in [0.25, 0.3) is 0 Å². The lowest BCUT2D eigenvalue weighted by atomic mass is 9.97. The van der Waals surface area contributed by atoms with Gasteiger partial charge in [0, 0.05) is 15.8 Å². The second-order valence-electron chi connectivity index (χ2n) is 5.07. The Morgan fingerprint density at radius 2 is 2.00 bits per heavy atom. The maximum absolute atomic E-state index is 6.24. The van der Waals surface area contributed by atoms with Gasteiger partial charge < -0.3 is 5.73 Å². The molecule has 1 fully saturated rings. The topological polar surface area (TPSA) is 26.0 Å². The zero-order chi connectivity index (χ0) is 11.4. The van der Waals surface area contributed by atoms with Crippen molar-refractivity contribution >= 4 is 11.3 Å². The van der Waals surface area contributed by atoms with E-state index in [4.69, 9.17) is 5.73 Å². The van der Waals surface area contributed by atoms with Crippen molar-refractivity contribution in [2.24, 2.45) is 11.7 Å². The molecule has 1 aliphatic carbocycles. The molecule has 2 heteroatoms. The lowest BCUT2D eigenvalue weighted by Gasteiger charge is -2.15. The minimum Gasteiger partial charge on any atom is -0.327 e. The highest BCUT2D eigenvalue weighted by molar-refractivity contribution is 7.11. The fourth-order valence-corrected chi connectivity index (χ4v) is 3.79. The van der Waals surface area contributed by atoms with E-state index in [0.29, 0.717) is 6.04 Å². The van der Waals surface area contributed by atoms with Crippen molar-refractivity contribution in [1.29, 1.82) is 0 Å². The van der Waals surface area contributed by atoms with E-state index < -0.39 is 0 Å². The maximum atomic E-state index is 6.24. The van der Waals surface area contributed by atoms with Crippen molar-refractivity contribution in [3.05, 3.63) is 21.9 Å². The van der Waals surface area contributed by atoms with E-state index in [1.165, 1.54) is 41.9 Å². The van der Waals surface area contributed by atoms with Crippen molar-refractivity contribution in [2.75, 3.05) is 0 Å². The van der Waals surface area contributed by atoms with Gasteiger partial charge in [0.15, 0.2) is 0 Å². The van der Waals surface area contributed by atoms with Gasteiger partial charge in [0.2, 0.25) is 0 Å². The number of nitrogens with two attached hydrogens (primary N) is 1. The molecule has 0 spiro atoms. The fourth-order valence-electron chi connectivity index (χ4n) is 2.74. The van der Waals surface area contributed by atoms with Crippen molar-refractivity contribution in [1.82, 2.24) is 0 Å². The molecule has 2 N–H and O–H groups in total. The van der Waals surface area contributed by atoms with E-state index in [1.54, 1.807) is 0 Å². The average molecular weight is 237 g/mol. The molecular formula is C14H23NS. The Bertz CT molecular complexity index is 312. The minimum atomic E-state index is 0.381. The SMILES string of the molecule is CCc1ccc(CC(N)CC2CCCC2)s1. The highest BCUT2D eigenvalue weighted by Gasteiger charge is 2.18. The highest BCUT2D eigenvalue weighted by atomic mass is 32.1. The molecule has 16 heavy (non-hydrogen) atoms. The highest BCUT2D eigenvalue weighted by Crippen LogP contribution is 2.29. The lowest BCUT2D eigenvalue weighted by molar-refractivity contribution is 0.442. The first-order valence-corrected chi connectivity index (χ1v) is 7.42. The summed E-state index contributed by atoms with van der Waals surface area (Å²) in [6.07, 6.45) is 9.16. The Morgan fingerprint density at radius 1 is 1.31 bits per heavy atom. The van der Waals surface area contributed by atoms with Crippen LogP contribution in [0.4, 0.5) is 0 Å². The molecule has 0 aromatic carbocycles. The number of hydrogen-bond acceptors (Lipinski definition) is 2. The first kappa shape index (κ1) is 12.1. The summed E-state index contributed by atoms with van der Waals surface area (Å²) >= 11 is 1.94. The van der Waals surface area contributed by atoms with Crippen LogP contribution < -0.4 is 5.73 Å². The van der Waals surface area contributed by atoms with Crippen LogP contribution in [0.5, 0.6) is 0 Å². The summed E-state index contributed by atoms with van der Waals surface area (Å²) in [6.45, 7) is 2.22. The molecule has 2 rings (SSSR count). The third kappa shape index (κ3) is 3.33. The van der Waals surface area contributed by atoms with Gasteiger partial charge in [-0.25, -0.2) is 0 Å². The molecule has 1 unspecified atom stereocenters. The number of rotatable bonds is 5. The molecule has 0 aliphatic heterocycles. The monoisotopic (exact) mass is 237 g/mol. The van der Waals surface area contributed by atoms with Crippen molar-refractivity contribution < 1.29 is 0 Å². The molecule has 1 saturated carbocycles. The molecule has 1 atom stereocenters. The van der Waals surface area contributed by atoms with Crippen molar-refractivity contribution in [3.63, 3.8) is 0 Å². The fraction of sp³-hybridized carbons (Fsp3) is 0.714. The van der Waals surface area contributed by atoms with Crippen molar-refractivity contribution in [3.8, 4) is 0 Å². The normalized spacial score (nSPS) is 19.1. The predicted molar refractivity (Wildman–Crippen MR) is 72.0 cm³/mol. The van der Waals surface area contributed by atoms with Crippen molar-refractivity contribution in [2.45, 2.75) is 57.9 Å².